The van der Waals surface area contributed by atoms with Crippen LogP contribution in [0.25, 0.3) is 112 Å². The van der Waals surface area contributed by atoms with Crippen molar-refractivity contribution >= 4 is 32.8 Å². The van der Waals surface area contributed by atoms with E-state index in [4.69, 9.17) is 15.0 Å². The molecule has 300 valence electrons. The van der Waals surface area contributed by atoms with Crippen LogP contribution in [0, 0.1) is 0 Å². The Morgan fingerprint density at radius 1 is 0.328 bits per heavy atom. The molecule has 0 saturated carbocycles. The van der Waals surface area contributed by atoms with Gasteiger partial charge in [0.15, 0.2) is 5.82 Å². The van der Waals surface area contributed by atoms with E-state index >= 15 is 0 Å². The Hall–Kier alpha value is -8.67. The minimum Gasteiger partial charge on any atom is -0.307 e. The maximum absolute atomic E-state index is 5.17. The Kier molecular flexibility index (Phi) is 9.08. The lowest BCUT2D eigenvalue weighted by Crippen LogP contribution is -2.02. The molecule has 0 atom stereocenters. The summed E-state index contributed by atoms with van der Waals surface area (Å²) in [5.74, 6) is 0.670. The van der Waals surface area contributed by atoms with E-state index in [0.29, 0.717) is 5.82 Å². The van der Waals surface area contributed by atoms with E-state index in [2.05, 4.69) is 209 Å². The fourth-order valence-electron chi connectivity index (χ4n) is 9.36. The summed E-state index contributed by atoms with van der Waals surface area (Å²) in [7, 11) is 0. The zero-order valence-corrected chi connectivity index (χ0v) is 34.8. The summed E-state index contributed by atoms with van der Waals surface area (Å²) in [6.45, 7) is 0. The first-order valence-corrected chi connectivity index (χ1v) is 21.6. The molecule has 0 aliphatic carbocycles. The van der Waals surface area contributed by atoms with Crippen LogP contribution >= 0.6 is 0 Å². The average Bonchev–Trinajstić information content (AvgIpc) is 3.97. The van der Waals surface area contributed by atoms with Gasteiger partial charge in [0.1, 0.15) is 11.2 Å². The fourth-order valence-corrected chi connectivity index (χ4v) is 9.36. The average molecular weight is 818 g/mol. The lowest BCUT2D eigenvalue weighted by Gasteiger charge is -2.19. The summed E-state index contributed by atoms with van der Waals surface area (Å²) in [4.78, 5) is 14.9. The SMILES string of the molecule is c1ccc(-c2nc(-c3ccc(-n4c(-c5ccccc5)cc5c(-c6ccccc6)c(-c6ccccc6)c6cc(-c7ccccc7)n(-c7ccccc7)c6c54)cc3)c3ncccc3n2)cc1. The molecule has 4 heterocycles. The van der Waals surface area contributed by atoms with E-state index in [1.54, 1.807) is 0 Å². The lowest BCUT2D eigenvalue weighted by atomic mass is 9.88. The van der Waals surface area contributed by atoms with Gasteiger partial charge in [0.05, 0.1) is 27.9 Å². The number of benzene rings is 8. The summed E-state index contributed by atoms with van der Waals surface area (Å²) in [6.07, 6.45) is 1.81. The number of hydrogen-bond donors (Lipinski definition) is 0. The molecule has 0 saturated heterocycles. The maximum Gasteiger partial charge on any atom is 0.160 e. The third-order valence-corrected chi connectivity index (χ3v) is 12.2. The van der Waals surface area contributed by atoms with Crippen molar-refractivity contribution in [2.75, 3.05) is 0 Å². The molecule has 4 aromatic heterocycles. The molecule has 12 aromatic rings. The van der Waals surface area contributed by atoms with E-state index in [9.17, 15) is 0 Å². The van der Waals surface area contributed by atoms with Crippen LogP contribution in [0.3, 0.4) is 0 Å². The molecule has 0 aliphatic rings. The van der Waals surface area contributed by atoms with Gasteiger partial charge in [-0.05, 0) is 81.9 Å². The molecule has 5 heteroatoms. The van der Waals surface area contributed by atoms with Crippen molar-refractivity contribution in [2.24, 2.45) is 0 Å². The van der Waals surface area contributed by atoms with E-state index in [1.807, 2.05) is 36.5 Å². The Labute approximate surface area is 370 Å². The van der Waals surface area contributed by atoms with Crippen LogP contribution in [0.5, 0.6) is 0 Å². The largest absolute Gasteiger partial charge is 0.307 e. The molecule has 0 fully saturated rings. The molecule has 5 nitrogen and oxygen atoms in total. The molecule has 0 amide bonds. The Balaban J connectivity index is 1.22. The smallest absolute Gasteiger partial charge is 0.160 e. The monoisotopic (exact) mass is 817 g/mol. The van der Waals surface area contributed by atoms with Gasteiger partial charge in [-0.2, -0.15) is 0 Å². The topological polar surface area (TPSA) is 48.5 Å². The van der Waals surface area contributed by atoms with Gasteiger partial charge in [-0.25, -0.2) is 9.97 Å². The molecule has 12 rings (SSSR count). The summed E-state index contributed by atoms with van der Waals surface area (Å²) >= 11 is 0. The predicted molar refractivity (Wildman–Crippen MR) is 264 cm³/mol. The highest BCUT2D eigenvalue weighted by Crippen LogP contribution is 2.50. The third kappa shape index (κ3) is 6.29. The number of aromatic nitrogens is 5. The molecule has 0 unspecified atom stereocenters. The normalized spacial score (nSPS) is 11.4. The van der Waals surface area contributed by atoms with E-state index in [1.165, 1.54) is 16.5 Å². The Bertz CT molecular complexity index is 3600. The quantitative estimate of drug-likeness (QED) is 0.153. The second-order valence-electron chi connectivity index (χ2n) is 16.0. The van der Waals surface area contributed by atoms with Crippen molar-refractivity contribution in [3.63, 3.8) is 0 Å². The number of pyridine rings is 1. The number of nitrogens with zero attached hydrogens (tertiary/aromatic N) is 5. The van der Waals surface area contributed by atoms with Crippen LogP contribution < -0.4 is 0 Å². The highest BCUT2D eigenvalue weighted by Gasteiger charge is 2.28. The van der Waals surface area contributed by atoms with Crippen molar-refractivity contribution < 1.29 is 0 Å². The first-order valence-electron chi connectivity index (χ1n) is 21.6. The highest BCUT2D eigenvalue weighted by atomic mass is 15.1. The van der Waals surface area contributed by atoms with Crippen LogP contribution in [-0.2, 0) is 0 Å². The van der Waals surface area contributed by atoms with Gasteiger partial charge in [-0.15, -0.1) is 0 Å². The Morgan fingerprint density at radius 2 is 0.750 bits per heavy atom. The van der Waals surface area contributed by atoms with Crippen molar-refractivity contribution in [3.8, 4) is 78.8 Å². The van der Waals surface area contributed by atoms with Crippen LogP contribution in [-0.4, -0.2) is 24.1 Å². The number of fused-ring (bicyclic) bond motifs is 4. The molecule has 0 radical (unpaired) electrons. The van der Waals surface area contributed by atoms with E-state index in [0.717, 1.165) is 89.3 Å². The number of hydrogen-bond acceptors (Lipinski definition) is 3. The molecular weight excluding hydrogens is 779 g/mol. The second kappa shape index (κ2) is 15.7. The third-order valence-electron chi connectivity index (χ3n) is 12.2. The van der Waals surface area contributed by atoms with Crippen molar-refractivity contribution in [2.45, 2.75) is 0 Å². The minimum absolute atomic E-state index is 0.670. The van der Waals surface area contributed by atoms with Crippen LogP contribution in [0.2, 0.25) is 0 Å². The Morgan fingerprint density at radius 3 is 1.23 bits per heavy atom. The molecular formula is C59H39N5. The predicted octanol–water partition coefficient (Wildman–Crippen LogP) is 14.9. The molecule has 0 spiro atoms. The van der Waals surface area contributed by atoms with Gasteiger partial charge in [0, 0.05) is 39.5 Å². The van der Waals surface area contributed by atoms with Crippen molar-refractivity contribution in [1.82, 2.24) is 24.1 Å². The van der Waals surface area contributed by atoms with Crippen LogP contribution in [0.4, 0.5) is 0 Å². The van der Waals surface area contributed by atoms with Crippen LogP contribution in [0.1, 0.15) is 0 Å². The maximum atomic E-state index is 5.17. The lowest BCUT2D eigenvalue weighted by molar-refractivity contribution is 1.11. The molecule has 8 aromatic carbocycles. The zero-order valence-electron chi connectivity index (χ0n) is 34.8. The summed E-state index contributed by atoms with van der Waals surface area (Å²) in [5.41, 5.74) is 17.8. The molecule has 0 aliphatic heterocycles. The summed E-state index contributed by atoms with van der Waals surface area (Å²) in [6, 6.07) is 81.8. The van der Waals surface area contributed by atoms with Gasteiger partial charge < -0.3 is 9.13 Å². The number of rotatable bonds is 8. The zero-order chi connectivity index (χ0) is 42.4. The first-order chi connectivity index (χ1) is 31.8. The first kappa shape index (κ1) is 37.1. The second-order valence-corrected chi connectivity index (χ2v) is 16.0. The molecule has 0 bridgehead atoms. The van der Waals surface area contributed by atoms with E-state index < -0.39 is 0 Å². The van der Waals surface area contributed by atoms with Gasteiger partial charge in [-0.1, -0.05) is 182 Å². The summed E-state index contributed by atoms with van der Waals surface area (Å²) in [5, 5.41) is 2.33. The number of para-hydroxylation sites is 1. The minimum atomic E-state index is 0.670. The van der Waals surface area contributed by atoms with E-state index in [-0.39, 0.29) is 0 Å². The standard InChI is InChI=1S/C59H39N5/c1-7-20-40(21-8-1)51-38-48-53(42-24-11-3-12-25-42)54(43-26-13-4-14-27-43)49-39-52(41-22-9-2-10-23-41)64(58(49)57(48)63(51)46-30-17-6-18-31-46)47-35-33-44(34-36-47)55-56-50(32-19-37-60-56)61-59(62-55)45-28-15-5-16-29-45/h1-39H. The van der Waals surface area contributed by atoms with Crippen LogP contribution in [0.15, 0.2) is 237 Å². The fraction of sp³-hybridized carbons (Fsp3) is 0. The highest BCUT2D eigenvalue weighted by molar-refractivity contribution is 6.23. The van der Waals surface area contributed by atoms with Crippen molar-refractivity contribution in [3.05, 3.63) is 237 Å². The van der Waals surface area contributed by atoms with Gasteiger partial charge in [-0.3, -0.25) is 4.98 Å². The molecule has 64 heavy (non-hydrogen) atoms. The van der Waals surface area contributed by atoms with Gasteiger partial charge in [0.2, 0.25) is 0 Å². The molecule has 0 N–H and O–H groups in total. The summed E-state index contributed by atoms with van der Waals surface area (Å²) < 4.78 is 4.94. The van der Waals surface area contributed by atoms with Crippen molar-refractivity contribution in [1.29, 1.82) is 0 Å². The van der Waals surface area contributed by atoms with Gasteiger partial charge >= 0.3 is 0 Å². The van der Waals surface area contributed by atoms with Gasteiger partial charge in [0.25, 0.3) is 0 Å².